The second-order valence-corrected chi connectivity index (χ2v) is 5.12. The Morgan fingerprint density at radius 2 is 2.33 bits per heavy atom. The molecule has 7 nitrogen and oxygen atoms in total. The van der Waals surface area contributed by atoms with Gasteiger partial charge in [-0.1, -0.05) is 0 Å². The van der Waals surface area contributed by atoms with Gasteiger partial charge in [0.15, 0.2) is 0 Å². The Labute approximate surface area is 122 Å². The molecule has 0 saturated carbocycles. The molecule has 0 spiro atoms. The number of anilines is 1. The monoisotopic (exact) mass is 293 g/mol. The average Bonchev–Trinajstić information content (AvgIpc) is 2.94. The second kappa shape index (κ2) is 7.03. The lowest BCUT2D eigenvalue weighted by Crippen LogP contribution is -2.40. The number of amides is 2. The van der Waals surface area contributed by atoms with Crippen LogP contribution in [0.5, 0.6) is 0 Å². The van der Waals surface area contributed by atoms with E-state index in [9.17, 15) is 9.59 Å². The third-order valence-electron chi connectivity index (χ3n) is 3.45. The lowest BCUT2D eigenvalue weighted by Gasteiger charge is -2.19. The summed E-state index contributed by atoms with van der Waals surface area (Å²) < 4.78 is 5.29. The van der Waals surface area contributed by atoms with Crippen LogP contribution in [-0.2, 0) is 16.0 Å². The Balaban J connectivity index is 1.83. The van der Waals surface area contributed by atoms with E-state index < -0.39 is 5.97 Å². The van der Waals surface area contributed by atoms with Gasteiger partial charge >= 0.3 is 12.0 Å². The third-order valence-corrected chi connectivity index (χ3v) is 3.45. The second-order valence-electron chi connectivity index (χ2n) is 5.12. The SMILES string of the molecule is CC(NC(=O)Nc1ccc(CC(=O)O)nc1)C1CCOC1. The van der Waals surface area contributed by atoms with E-state index in [1.54, 1.807) is 12.1 Å². The first-order valence-corrected chi connectivity index (χ1v) is 6.86. The topological polar surface area (TPSA) is 101 Å². The van der Waals surface area contributed by atoms with Gasteiger partial charge in [0.05, 0.1) is 30.6 Å². The molecule has 2 rings (SSSR count). The zero-order chi connectivity index (χ0) is 15.2. The van der Waals surface area contributed by atoms with Gasteiger partial charge in [-0.15, -0.1) is 0 Å². The highest BCUT2D eigenvalue weighted by Gasteiger charge is 2.23. The summed E-state index contributed by atoms with van der Waals surface area (Å²) in [6.45, 7) is 3.37. The maximum absolute atomic E-state index is 11.9. The number of hydrogen-bond acceptors (Lipinski definition) is 4. The summed E-state index contributed by atoms with van der Waals surface area (Å²) in [5, 5.41) is 14.2. The van der Waals surface area contributed by atoms with Crippen LogP contribution in [0.15, 0.2) is 18.3 Å². The molecule has 114 valence electrons. The lowest BCUT2D eigenvalue weighted by molar-refractivity contribution is -0.136. The standard InChI is InChI=1S/C14H19N3O4/c1-9(10-4-5-21-8-10)16-14(20)17-12-3-2-11(15-7-12)6-13(18)19/h2-3,7,9-10H,4-6,8H2,1H3,(H,18,19)(H2,16,17,20). The molecule has 2 amide bonds. The fourth-order valence-electron chi connectivity index (χ4n) is 2.20. The summed E-state index contributed by atoms with van der Waals surface area (Å²) in [4.78, 5) is 26.4. The van der Waals surface area contributed by atoms with Gasteiger partial charge in [0.1, 0.15) is 0 Å². The van der Waals surface area contributed by atoms with Crippen molar-refractivity contribution in [3.05, 3.63) is 24.0 Å². The van der Waals surface area contributed by atoms with Crippen LogP contribution in [0.4, 0.5) is 10.5 Å². The van der Waals surface area contributed by atoms with Gasteiger partial charge in [0.2, 0.25) is 0 Å². The first-order valence-electron chi connectivity index (χ1n) is 6.86. The van der Waals surface area contributed by atoms with E-state index in [0.29, 0.717) is 23.9 Å². The molecule has 0 radical (unpaired) electrons. The number of carbonyl (C=O) groups excluding carboxylic acids is 1. The Morgan fingerprint density at radius 3 is 2.90 bits per heavy atom. The van der Waals surface area contributed by atoms with Crippen molar-refractivity contribution in [3.63, 3.8) is 0 Å². The highest BCUT2D eigenvalue weighted by atomic mass is 16.5. The van der Waals surface area contributed by atoms with Gasteiger partial charge < -0.3 is 20.5 Å². The van der Waals surface area contributed by atoms with Crippen molar-refractivity contribution in [1.29, 1.82) is 0 Å². The van der Waals surface area contributed by atoms with E-state index in [2.05, 4.69) is 15.6 Å². The minimum atomic E-state index is -0.937. The Kier molecular flexibility index (Phi) is 5.10. The van der Waals surface area contributed by atoms with E-state index in [4.69, 9.17) is 9.84 Å². The van der Waals surface area contributed by atoms with Crippen LogP contribution in [0.2, 0.25) is 0 Å². The van der Waals surface area contributed by atoms with Crippen molar-refractivity contribution < 1.29 is 19.4 Å². The van der Waals surface area contributed by atoms with Crippen molar-refractivity contribution in [2.24, 2.45) is 5.92 Å². The summed E-state index contributed by atoms with van der Waals surface area (Å²) >= 11 is 0. The zero-order valence-electron chi connectivity index (χ0n) is 11.8. The number of pyridine rings is 1. The molecular weight excluding hydrogens is 274 g/mol. The Bertz CT molecular complexity index is 497. The molecule has 21 heavy (non-hydrogen) atoms. The predicted molar refractivity (Wildman–Crippen MR) is 76.1 cm³/mol. The largest absolute Gasteiger partial charge is 0.481 e. The highest BCUT2D eigenvalue weighted by molar-refractivity contribution is 5.89. The molecule has 1 aliphatic rings. The minimum absolute atomic E-state index is 0.0340. The molecule has 0 aromatic carbocycles. The number of ether oxygens (including phenoxy) is 1. The molecule has 1 saturated heterocycles. The number of hydrogen-bond donors (Lipinski definition) is 3. The van der Waals surface area contributed by atoms with E-state index >= 15 is 0 Å². The molecule has 2 atom stereocenters. The number of carboxylic acids is 1. The molecule has 0 bridgehead atoms. The van der Waals surface area contributed by atoms with Crippen molar-refractivity contribution in [3.8, 4) is 0 Å². The van der Waals surface area contributed by atoms with Gasteiger partial charge in [-0.05, 0) is 25.5 Å². The van der Waals surface area contributed by atoms with Crippen LogP contribution in [0.3, 0.4) is 0 Å². The van der Waals surface area contributed by atoms with Crippen LogP contribution >= 0.6 is 0 Å². The number of rotatable bonds is 5. The van der Waals surface area contributed by atoms with E-state index in [1.165, 1.54) is 6.20 Å². The maximum atomic E-state index is 11.9. The van der Waals surface area contributed by atoms with Crippen molar-refractivity contribution in [1.82, 2.24) is 10.3 Å². The molecular formula is C14H19N3O4. The number of carbonyl (C=O) groups is 2. The Hall–Kier alpha value is -2.15. The van der Waals surface area contributed by atoms with Crippen LogP contribution in [0.1, 0.15) is 19.0 Å². The molecule has 3 N–H and O–H groups in total. The molecule has 1 fully saturated rings. The van der Waals surface area contributed by atoms with Crippen molar-refractivity contribution in [2.45, 2.75) is 25.8 Å². The van der Waals surface area contributed by atoms with E-state index in [1.807, 2.05) is 6.92 Å². The summed E-state index contributed by atoms with van der Waals surface area (Å²) in [6, 6.07) is 2.94. The number of nitrogens with one attached hydrogen (secondary N) is 2. The number of aliphatic carboxylic acids is 1. The Morgan fingerprint density at radius 1 is 1.52 bits per heavy atom. The van der Waals surface area contributed by atoms with Gasteiger partial charge in [-0.25, -0.2) is 4.79 Å². The molecule has 2 unspecified atom stereocenters. The maximum Gasteiger partial charge on any atom is 0.319 e. The predicted octanol–water partition coefficient (Wildman–Crippen LogP) is 1.26. The number of urea groups is 1. The van der Waals surface area contributed by atoms with Gasteiger partial charge in [-0.3, -0.25) is 9.78 Å². The quantitative estimate of drug-likeness (QED) is 0.758. The average molecular weight is 293 g/mol. The van der Waals surface area contributed by atoms with Crippen LogP contribution in [-0.4, -0.2) is 41.3 Å². The summed E-state index contributed by atoms with van der Waals surface area (Å²) in [5.74, 6) is -0.597. The van der Waals surface area contributed by atoms with E-state index in [0.717, 1.165) is 13.0 Å². The first-order chi connectivity index (χ1) is 10.0. The summed E-state index contributed by atoms with van der Waals surface area (Å²) in [6.07, 6.45) is 2.26. The fraction of sp³-hybridized carbons (Fsp3) is 0.500. The van der Waals surface area contributed by atoms with Gasteiger partial charge in [0.25, 0.3) is 0 Å². The van der Waals surface area contributed by atoms with Gasteiger partial charge in [0, 0.05) is 18.6 Å². The summed E-state index contributed by atoms with van der Waals surface area (Å²) in [5.41, 5.74) is 0.974. The zero-order valence-corrected chi connectivity index (χ0v) is 11.8. The lowest BCUT2D eigenvalue weighted by atomic mass is 10.0. The number of carboxylic acid groups (broad SMARTS) is 1. The smallest absolute Gasteiger partial charge is 0.319 e. The van der Waals surface area contributed by atoms with Crippen LogP contribution in [0, 0.1) is 5.92 Å². The molecule has 0 aliphatic carbocycles. The first kappa shape index (κ1) is 15.2. The molecule has 1 aliphatic heterocycles. The normalized spacial score (nSPS) is 19.0. The minimum Gasteiger partial charge on any atom is -0.481 e. The van der Waals surface area contributed by atoms with Crippen molar-refractivity contribution in [2.75, 3.05) is 18.5 Å². The number of nitrogens with zero attached hydrogens (tertiary/aromatic N) is 1. The number of aromatic nitrogens is 1. The molecule has 2 heterocycles. The fourth-order valence-corrected chi connectivity index (χ4v) is 2.20. The summed E-state index contributed by atoms with van der Waals surface area (Å²) in [7, 11) is 0. The van der Waals surface area contributed by atoms with Crippen LogP contribution in [0.25, 0.3) is 0 Å². The highest BCUT2D eigenvalue weighted by Crippen LogP contribution is 2.16. The third kappa shape index (κ3) is 4.71. The van der Waals surface area contributed by atoms with Gasteiger partial charge in [-0.2, -0.15) is 0 Å². The molecule has 1 aromatic heterocycles. The molecule has 7 heteroatoms. The van der Waals surface area contributed by atoms with Crippen LogP contribution < -0.4 is 10.6 Å². The van der Waals surface area contributed by atoms with E-state index in [-0.39, 0.29) is 18.5 Å². The van der Waals surface area contributed by atoms with Crippen molar-refractivity contribution >= 4 is 17.7 Å². The molecule has 1 aromatic rings.